The summed E-state index contributed by atoms with van der Waals surface area (Å²) in [6, 6.07) is 9.73. The predicted octanol–water partition coefficient (Wildman–Crippen LogP) is 1.04. The van der Waals surface area contributed by atoms with Gasteiger partial charge >= 0.3 is 0 Å². The van der Waals surface area contributed by atoms with Crippen molar-refractivity contribution in [1.29, 1.82) is 0 Å². The van der Waals surface area contributed by atoms with Gasteiger partial charge in [-0.05, 0) is 5.56 Å². The Balaban J connectivity index is 2.16. The van der Waals surface area contributed by atoms with E-state index in [-0.39, 0.29) is 12.7 Å². The van der Waals surface area contributed by atoms with Crippen molar-refractivity contribution in [3.8, 4) is 0 Å². The van der Waals surface area contributed by atoms with Gasteiger partial charge in [0.15, 0.2) is 0 Å². The second-order valence-electron chi connectivity index (χ2n) is 3.56. The number of hydrogen-bond acceptors (Lipinski definition) is 3. The molecule has 0 radical (unpaired) electrons. The average Bonchev–Trinajstić information content (AvgIpc) is 2.31. The summed E-state index contributed by atoms with van der Waals surface area (Å²) in [5, 5.41) is 18.5. The molecule has 0 saturated carbocycles. The molecule has 0 amide bonds. The quantitative estimate of drug-likeness (QED) is 0.711. The molecule has 0 aromatic heterocycles. The van der Waals surface area contributed by atoms with Crippen molar-refractivity contribution in [2.45, 2.75) is 18.3 Å². The van der Waals surface area contributed by atoms with Gasteiger partial charge in [-0.1, -0.05) is 42.5 Å². The van der Waals surface area contributed by atoms with E-state index in [0.717, 1.165) is 5.56 Å². The maximum Gasteiger partial charge on any atom is 0.111 e. The van der Waals surface area contributed by atoms with E-state index in [4.69, 9.17) is 9.84 Å². The van der Waals surface area contributed by atoms with Gasteiger partial charge in [-0.2, -0.15) is 0 Å². The molecule has 0 unspecified atom stereocenters. The predicted molar refractivity (Wildman–Crippen MR) is 56.3 cm³/mol. The molecule has 1 aliphatic rings. The molecule has 1 aliphatic heterocycles. The number of aliphatic hydroxyl groups excluding tert-OH is 2. The Morgan fingerprint density at radius 2 is 1.87 bits per heavy atom. The van der Waals surface area contributed by atoms with Crippen LogP contribution in [0.1, 0.15) is 11.7 Å². The van der Waals surface area contributed by atoms with Gasteiger partial charge in [0, 0.05) is 0 Å². The minimum atomic E-state index is -0.713. The molecule has 3 atom stereocenters. The van der Waals surface area contributed by atoms with Gasteiger partial charge in [-0.3, -0.25) is 0 Å². The highest BCUT2D eigenvalue weighted by Crippen LogP contribution is 2.25. The van der Waals surface area contributed by atoms with Crippen LogP contribution in [0.2, 0.25) is 0 Å². The molecule has 0 fully saturated rings. The molecule has 2 rings (SSSR count). The third-order valence-corrected chi connectivity index (χ3v) is 2.49. The molecule has 15 heavy (non-hydrogen) atoms. The van der Waals surface area contributed by atoms with Crippen LogP contribution in [0.4, 0.5) is 0 Å². The van der Waals surface area contributed by atoms with Crippen LogP contribution in [0.15, 0.2) is 42.5 Å². The molecule has 1 aromatic rings. The van der Waals surface area contributed by atoms with Gasteiger partial charge in [-0.15, -0.1) is 0 Å². The lowest BCUT2D eigenvalue weighted by atomic mass is 10.0. The van der Waals surface area contributed by atoms with Crippen molar-refractivity contribution in [2.75, 3.05) is 6.61 Å². The fourth-order valence-corrected chi connectivity index (χ4v) is 1.64. The fourth-order valence-electron chi connectivity index (χ4n) is 1.64. The zero-order valence-corrected chi connectivity index (χ0v) is 8.28. The summed E-state index contributed by atoms with van der Waals surface area (Å²) in [6.07, 6.45) is 2.07. The maximum absolute atomic E-state index is 9.46. The number of aliphatic hydroxyl groups is 2. The Bertz CT molecular complexity index is 334. The molecule has 0 saturated heterocycles. The van der Waals surface area contributed by atoms with Gasteiger partial charge in [0.05, 0.1) is 6.61 Å². The first-order valence-electron chi connectivity index (χ1n) is 4.99. The fraction of sp³-hybridized carbons (Fsp3) is 0.333. The van der Waals surface area contributed by atoms with Crippen LogP contribution >= 0.6 is 0 Å². The molecule has 1 heterocycles. The molecule has 0 spiro atoms. The van der Waals surface area contributed by atoms with Crippen molar-refractivity contribution >= 4 is 0 Å². The molecule has 0 aliphatic carbocycles. The van der Waals surface area contributed by atoms with Gasteiger partial charge in [0.25, 0.3) is 0 Å². The molecule has 1 aromatic carbocycles. The van der Waals surface area contributed by atoms with E-state index in [2.05, 4.69) is 0 Å². The minimum absolute atomic E-state index is 0.172. The third-order valence-electron chi connectivity index (χ3n) is 2.49. The summed E-state index contributed by atoms with van der Waals surface area (Å²) in [7, 11) is 0. The lowest BCUT2D eigenvalue weighted by Gasteiger charge is -2.28. The Morgan fingerprint density at radius 3 is 2.53 bits per heavy atom. The lowest BCUT2D eigenvalue weighted by molar-refractivity contribution is -0.0805. The van der Waals surface area contributed by atoms with Crippen LogP contribution in [0.5, 0.6) is 0 Å². The van der Waals surface area contributed by atoms with Crippen LogP contribution in [0.3, 0.4) is 0 Å². The number of hydrogen-bond donors (Lipinski definition) is 2. The Kier molecular flexibility index (Phi) is 3.16. The third kappa shape index (κ3) is 2.26. The molecule has 80 valence electrons. The van der Waals surface area contributed by atoms with E-state index >= 15 is 0 Å². The van der Waals surface area contributed by atoms with Crippen molar-refractivity contribution in [3.63, 3.8) is 0 Å². The molecule has 3 heteroatoms. The van der Waals surface area contributed by atoms with E-state index in [1.54, 1.807) is 6.08 Å². The molecular formula is C12H14O3. The van der Waals surface area contributed by atoms with E-state index in [0.29, 0.717) is 0 Å². The van der Waals surface area contributed by atoms with E-state index in [1.165, 1.54) is 0 Å². The number of rotatable bonds is 2. The van der Waals surface area contributed by atoms with Crippen molar-refractivity contribution < 1.29 is 14.9 Å². The van der Waals surface area contributed by atoms with Crippen LogP contribution in [-0.2, 0) is 4.74 Å². The second-order valence-corrected chi connectivity index (χ2v) is 3.56. The van der Waals surface area contributed by atoms with Gasteiger partial charge < -0.3 is 14.9 Å². The summed E-state index contributed by atoms with van der Waals surface area (Å²) in [6.45, 7) is -0.172. The van der Waals surface area contributed by atoms with E-state index in [9.17, 15) is 5.11 Å². The Morgan fingerprint density at radius 1 is 1.13 bits per heavy atom. The SMILES string of the molecule is OC[C@H]1O[C@H](c2ccccc2)C=C[C@@H]1O. The van der Waals surface area contributed by atoms with Crippen molar-refractivity contribution in [3.05, 3.63) is 48.0 Å². The molecule has 2 N–H and O–H groups in total. The molecule has 0 bridgehead atoms. The summed E-state index contributed by atoms with van der Waals surface area (Å²) in [5.41, 5.74) is 1.03. The topological polar surface area (TPSA) is 49.7 Å². The summed E-state index contributed by atoms with van der Waals surface area (Å²) in [4.78, 5) is 0. The van der Waals surface area contributed by atoms with Gasteiger partial charge in [-0.25, -0.2) is 0 Å². The minimum Gasteiger partial charge on any atom is -0.394 e. The smallest absolute Gasteiger partial charge is 0.111 e. The highest BCUT2D eigenvalue weighted by atomic mass is 16.5. The zero-order chi connectivity index (χ0) is 10.7. The van der Waals surface area contributed by atoms with Crippen molar-refractivity contribution in [1.82, 2.24) is 0 Å². The zero-order valence-electron chi connectivity index (χ0n) is 8.28. The first-order valence-corrected chi connectivity index (χ1v) is 4.99. The summed E-state index contributed by atoms with van der Waals surface area (Å²) < 4.78 is 5.55. The standard InChI is InChI=1S/C12H14O3/c13-8-12-10(14)6-7-11(15-12)9-4-2-1-3-5-9/h1-7,10-14H,8H2/t10-,11-,12+/m0/s1. The lowest BCUT2D eigenvalue weighted by Crippen LogP contribution is -2.34. The second kappa shape index (κ2) is 4.57. The molecule has 3 nitrogen and oxygen atoms in total. The monoisotopic (exact) mass is 206 g/mol. The normalized spacial score (nSPS) is 30.4. The highest BCUT2D eigenvalue weighted by molar-refractivity contribution is 5.23. The largest absolute Gasteiger partial charge is 0.394 e. The van der Waals surface area contributed by atoms with Crippen LogP contribution in [0.25, 0.3) is 0 Å². The van der Waals surface area contributed by atoms with Gasteiger partial charge in [0.2, 0.25) is 0 Å². The van der Waals surface area contributed by atoms with Crippen LogP contribution in [0, 0.1) is 0 Å². The van der Waals surface area contributed by atoms with E-state index in [1.807, 2.05) is 36.4 Å². The highest BCUT2D eigenvalue weighted by Gasteiger charge is 2.25. The number of ether oxygens (including phenoxy) is 1. The Hall–Kier alpha value is -1.16. The van der Waals surface area contributed by atoms with Gasteiger partial charge in [0.1, 0.15) is 18.3 Å². The summed E-state index contributed by atoms with van der Waals surface area (Å²) in [5.74, 6) is 0. The summed E-state index contributed by atoms with van der Waals surface area (Å²) >= 11 is 0. The first kappa shape index (κ1) is 10.4. The van der Waals surface area contributed by atoms with Crippen molar-refractivity contribution in [2.24, 2.45) is 0 Å². The Labute approximate surface area is 88.6 Å². The molecular weight excluding hydrogens is 192 g/mol. The first-order chi connectivity index (χ1) is 7.31. The average molecular weight is 206 g/mol. The van der Waals surface area contributed by atoms with Crippen LogP contribution < -0.4 is 0 Å². The maximum atomic E-state index is 9.46. The number of benzene rings is 1. The van der Waals surface area contributed by atoms with Crippen LogP contribution in [-0.4, -0.2) is 29.0 Å². The van der Waals surface area contributed by atoms with E-state index < -0.39 is 12.2 Å².